The Morgan fingerprint density at radius 3 is 2.43 bits per heavy atom. The molecule has 0 spiro atoms. The number of nitriles is 1. The molecule has 0 aliphatic rings. The van der Waals surface area contributed by atoms with Gasteiger partial charge in [0.15, 0.2) is 0 Å². The van der Waals surface area contributed by atoms with Crippen LogP contribution in [-0.2, 0) is 11.5 Å². The highest BCUT2D eigenvalue weighted by Crippen LogP contribution is 2.22. The predicted molar refractivity (Wildman–Crippen MR) is 88.7 cm³/mol. The third-order valence-electron chi connectivity index (χ3n) is 3.38. The highest BCUT2D eigenvalue weighted by atomic mass is 28.3. The van der Waals surface area contributed by atoms with Gasteiger partial charge in [0.2, 0.25) is 0 Å². The summed E-state index contributed by atoms with van der Waals surface area (Å²) < 4.78 is 7.75. The molecule has 2 rings (SSSR count). The molecule has 2 aromatic rings. The Morgan fingerprint density at radius 2 is 1.81 bits per heavy atom. The first kappa shape index (κ1) is 15.6. The molecule has 1 aromatic carbocycles. The van der Waals surface area contributed by atoms with E-state index in [1.807, 2.05) is 34.9 Å². The summed E-state index contributed by atoms with van der Waals surface area (Å²) in [5.74, 6) is 0. The van der Waals surface area contributed by atoms with Gasteiger partial charge in [-0.1, -0.05) is 50.0 Å². The minimum Gasteiger partial charge on any atom is -0.361 e. The van der Waals surface area contributed by atoms with Crippen LogP contribution in [0, 0.1) is 11.3 Å². The molecule has 0 atom stereocenters. The van der Waals surface area contributed by atoms with Crippen LogP contribution < -0.4 is 0 Å². The smallest absolute Gasteiger partial charge is 0.124 e. The van der Waals surface area contributed by atoms with Crippen LogP contribution in [0.1, 0.15) is 5.69 Å². The van der Waals surface area contributed by atoms with Crippen molar-refractivity contribution in [2.24, 2.45) is 0 Å². The lowest BCUT2D eigenvalue weighted by atomic mass is 10.1. The molecule has 1 aromatic heterocycles. The lowest BCUT2D eigenvalue weighted by Crippen LogP contribution is -2.22. The van der Waals surface area contributed by atoms with Gasteiger partial charge >= 0.3 is 0 Å². The summed E-state index contributed by atoms with van der Waals surface area (Å²) in [5, 5.41) is 9.24. The van der Waals surface area contributed by atoms with Crippen LogP contribution in [-0.4, -0.2) is 19.2 Å². The first-order valence-electron chi connectivity index (χ1n) is 7.24. The zero-order valence-electron chi connectivity index (χ0n) is 13.0. The lowest BCUT2D eigenvalue weighted by Gasteiger charge is -2.16. The highest BCUT2D eigenvalue weighted by Gasteiger charge is 2.13. The predicted octanol–water partition coefficient (Wildman–Crippen LogP) is 4.34. The Kier molecular flexibility index (Phi) is 5.00. The standard InChI is InChI=1S/C17H22N2OSi/c1-21(2,3)12-11-20-14-19-16(13-18)9-10-17(19)15-7-5-4-6-8-15/h4-10H,11-12,14H2,1-3H3. The molecule has 0 amide bonds. The van der Waals surface area contributed by atoms with Crippen molar-refractivity contribution in [3.63, 3.8) is 0 Å². The maximum atomic E-state index is 9.24. The summed E-state index contributed by atoms with van der Waals surface area (Å²) >= 11 is 0. The molecule has 0 aliphatic carbocycles. The highest BCUT2D eigenvalue weighted by molar-refractivity contribution is 6.76. The minimum absolute atomic E-state index is 0.435. The van der Waals surface area contributed by atoms with Gasteiger partial charge in [-0.3, -0.25) is 0 Å². The number of hydrogen-bond acceptors (Lipinski definition) is 2. The summed E-state index contributed by atoms with van der Waals surface area (Å²) in [5.41, 5.74) is 2.77. The molecule has 0 radical (unpaired) electrons. The van der Waals surface area contributed by atoms with Gasteiger partial charge in [-0.2, -0.15) is 5.26 Å². The second-order valence-corrected chi connectivity index (χ2v) is 12.0. The van der Waals surface area contributed by atoms with Crippen LogP contribution in [0.5, 0.6) is 0 Å². The number of benzene rings is 1. The van der Waals surface area contributed by atoms with Crippen molar-refractivity contribution < 1.29 is 4.74 Å². The third-order valence-corrected chi connectivity index (χ3v) is 5.09. The van der Waals surface area contributed by atoms with Gasteiger partial charge < -0.3 is 9.30 Å². The summed E-state index contributed by atoms with van der Waals surface area (Å²) in [7, 11) is -1.08. The van der Waals surface area contributed by atoms with E-state index in [-0.39, 0.29) is 0 Å². The van der Waals surface area contributed by atoms with Gasteiger partial charge in [0.1, 0.15) is 18.5 Å². The van der Waals surface area contributed by atoms with E-state index in [2.05, 4.69) is 37.8 Å². The van der Waals surface area contributed by atoms with E-state index in [0.29, 0.717) is 12.4 Å². The monoisotopic (exact) mass is 298 g/mol. The summed E-state index contributed by atoms with van der Waals surface area (Å²) in [6.45, 7) is 8.20. The maximum absolute atomic E-state index is 9.24. The number of aromatic nitrogens is 1. The van der Waals surface area contributed by atoms with Crippen LogP contribution in [0.15, 0.2) is 42.5 Å². The number of hydrogen-bond donors (Lipinski definition) is 0. The van der Waals surface area contributed by atoms with Gasteiger partial charge in [-0.15, -0.1) is 0 Å². The minimum atomic E-state index is -1.08. The molecule has 0 saturated heterocycles. The molecule has 0 saturated carbocycles. The van der Waals surface area contributed by atoms with E-state index >= 15 is 0 Å². The van der Waals surface area contributed by atoms with Crippen molar-refractivity contribution in [1.29, 1.82) is 5.26 Å². The molecule has 0 N–H and O–H groups in total. The normalized spacial score (nSPS) is 11.3. The number of ether oxygens (including phenoxy) is 1. The number of rotatable bonds is 6. The average Bonchev–Trinajstić information content (AvgIpc) is 2.86. The van der Waals surface area contributed by atoms with Gasteiger partial charge in [0.25, 0.3) is 0 Å². The molecule has 0 fully saturated rings. The summed E-state index contributed by atoms with van der Waals surface area (Å²) in [4.78, 5) is 0. The Labute approximate surface area is 127 Å². The van der Waals surface area contributed by atoms with E-state index < -0.39 is 8.07 Å². The Bertz CT molecular complexity index is 620. The molecule has 0 aliphatic heterocycles. The van der Waals surface area contributed by atoms with Crippen LogP contribution in [0.4, 0.5) is 0 Å². The van der Waals surface area contributed by atoms with E-state index in [1.54, 1.807) is 0 Å². The quantitative estimate of drug-likeness (QED) is 0.588. The average molecular weight is 298 g/mol. The van der Waals surface area contributed by atoms with E-state index in [9.17, 15) is 5.26 Å². The van der Waals surface area contributed by atoms with Gasteiger partial charge in [0, 0.05) is 14.7 Å². The summed E-state index contributed by atoms with van der Waals surface area (Å²) in [6, 6.07) is 17.3. The van der Waals surface area contributed by atoms with Crippen molar-refractivity contribution in [3.05, 3.63) is 48.2 Å². The first-order chi connectivity index (χ1) is 10.0. The fourth-order valence-electron chi connectivity index (χ4n) is 2.10. The van der Waals surface area contributed by atoms with Crippen LogP contribution in [0.25, 0.3) is 11.3 Å². The van der Waals surface area contributed by atoms with Crippen molar-refractivity contribution in [2.75, 3.05) is 6.61 Å². The fraction of sp³-hybridized carbons (Fsp3) is 0.353. The van der Waals surface area contributed by atoms with E-state index in [0.717, 1.165) is 23.9 Å². The number of nitrogens with zero attached hydrogens (tertiary/aromatic N) is 2. The van der Waals surface area contributed by atoms with Crippen LogP contribution >= 0.6 is 0 Å². The molecular formula is C17H22N2OSi. The molecule has 0 unspecified atom stereocenters. The molecular weight excluding hydrogens is 276 g/mol. The zero-order valence-corrected chi connectivity index (χ0v) is 14.0. The third kappa shape index (κ3) is 4.32. The molecule has 110 valence electrons. The van der Waals surface area contributed by atoms with Crippen molar-refractivity contribution >= 4 is 8.07 Å². The van der Waals surface area contributed by atoms with Crippen LogP contribution in [0.3, 0.4) is 0 Å². The van der Waals surface area contributed by atoms with Gasteiger partial charge in [-0.25, -0.2) is 0 Å². The SMILES string of the molecule is C[Si](C)(C)CCOCn1c(C#N)ccc1-c1ccccc1. The molecule has 3 nitrogen and oxygen atoms in total. The van der Waals surface area contributed by atoms with Crippen LogP contribution in [0.2, 0.25) is 25.7 Å². The lowest BCUT2D eigenvalue weighted by molar-refractivity contribution is 0.0880. The maximum Gasteiger partial charge on any atom is 0.124 e. The largest absolute Gasteiger partial charge is 0.361 e. The van der Waals surface area contributed by atoms with E-state index in [4.69, 9.17) is 4.74 Å². The van der Waals surface area contributed by atoms with Crippen molar-refractivity contribution in [2.45, 2.75) is 32.4 Å². The topological polar surface area (TPSA) is 38.0 Å². The first-order valence-corrected chi connectivity index (χ1v) is 10.9. The van der Waals surface area contributed by atoms with Crippen molar-refractivity contribution in [3.8, 4) is 17.3 Å². The van der Waals surface area contributed by atoms with Crippen molar-refractivity contribution in [1.82, 2.24) is 4.57 Å². The molecule has 21 heavy (non-hydrogen) atoms. The van der Waals surface area contributed by atoms with E-state index in [1.165, 1.54) is 0 Å². The van der Waals surface area contributed by atoms with Gasteiger partial charge in [0.05, 0.1) is 5.69 Å². The Balaban J connectivity index is 2.11. The Hall–Kier alpha value is -1.83. The summed E-state index contributed by atoms with van der Waals surface area (Å²) in [6.07, 6.45) is 0. The van der Waals surface area contributed by atoms with Gasteiger partial charge in [-0.05, 0) is 23.7 Å². The molecule has 1 heterocycles. The zero-order chi connectivity index (χ0) is 15.3. The Morgan fingerprint density at radius 1 is 1.10 bits per heavy atom. The molecule has 4 heteroatoms. The second-order valence-electron chi connectivity index (χ2n) is 6.36. The fourth-order valence-corrected chi connectivity index (χ4v) is 2.86. The molecule has 0 bridgehead atoms. The second kappa shape index (κ2) is 6.75.